The molecule has 0 aliphatic heterocycles. The first-order valence-corrected chi connectivity index (χ1v) is 19.0. The van der Waals surface area contributed by atoms with E-state index in [1.54, 1.807) is 20.8 Å². The van der Waals surface area contributed by atoms with E-state index in [1.165, 1.54) is 7.11 Å². The normalized spacial score (nSPS) is 16.4. The van der Waals surface area contributed by atoms with Crippen molar-refractivity contribution in [1.82, 2.24) is 10.6 Å². The zero-order chi connectivity index (χ0) is 34.2. The van der Waals surface area contributed by atoms with Crippen LogP contribution in [0.1, 0.15) is 39.2 Å². The molecule has 0 spiro atoms. The van der Waals surface area contributed by atoms with Crippen LogP contribution in [0.4, 0.5) is 9.59 Å². The molecule has 10 nitrogen and oxygen atoms in total. The van der Waals surface area contributed by atoms with Crippen molar-refractivity contribution in [3.8, 4) is 0 Å². The van der Waals surface area contributed by atoms with Gasteiger partial charge in [-0.25, -0.2) is 19.2 Å². The second-order valence-electron chi connectivity index (χ2n) is 13.0. The Morgan fingerprint density at radius 3 is 1.70 bits per heavy atom. The number of carbonyl (C=O) groups excluding carboxylic acids is 4. The molecule has 0 saturated heterocycles. The van der Waals surface area contributed by atoms with Crippen LogP contribution in [-0.2, 0) is 52.2 Å². The van der Waals surface area contributed by atoms with E-state index in [0.717, 1.165) is 23.4 Å². The van der Waals surface area contributed by atoms with Crippen LogP contribution in [0.5, 0.6) is 0 Å². The molecule has 2 amide bonds. The third kappa shape index (κ3) is 19.1. The van der Waals surface area contributed by atoms with E-state index in [2.05, 4.69) is 30.3 Å². The number of benzene rings is 1. The van der Waals surface area contributed by atoms with Crippen molar-refractivity contribution in [1.29, 1.82) is 0 Å². The number of ether oxygens (including phenoxy) is 4. The van der Waals surface area contributed by atoms with E-state index in [4.69, 9.17) is 18.9 Å². The van der Waals surface area contributed by atoms with Crippen LogP contribution in [-0.4, -0.2) is 63.6 Å². The number of esters is 2. The standard InChI is InChI=1S/C18H30NO4Si.C17H18NO4.Fe/c1-18(2,3)23-17(21)19-15(13-14-9-7-8-10-14)16(20)22-11-12-24(4,5)6;1-21-16(19)15(11-13-7-5-6-8-13)18-17(20)22-12-14-9-3-2-4-10-14;/h7-10,15H,11-13H2,1-6H3,(H,19,21);2-10,15H,11-12H2,1H3,(H,18,20);/q;;+2/t2*15-;/m00./s1. The smallest absolute Gasteiger partial charge is 0.467 e. The Morgan fingerprint density at radius 1 is 0.745 bits per heavy atom. The van der Waals surface area contributed by atoms with Gasteiger partial charge in [0.05, 0.1) is 13.7 Å². The van der Waals surface area contributed by atoms with Crippen LogP contribution < -0.4 is 10.6 Å². The van der Waals surface area contributed by atoms with Crippen molar-refractivity contribution in [2.24, 2.45) is 0 Å². The van der Waals surface area contributed by atoms with Crippen molar-refractivity contribution >= 4 is 32.2 Å². The zero-order valence-corrected chi connectivity index (χ0v) is 30.4. The van der Waals surface area contributed by atoms with Crippen molar-refractivity contribution in [3.05, 3.63) is 99.1 Å². The van der Waals surface area contributed by atoms with Gasteiger partial charge >= 0.3 is 41.2 Å². The summed E-state index contributed by atoms with van der Waals surface area (Å²) in [4.78, 5) is 48.0. The number of amides is 2. The molecule has 0 unspecified atom stereocenters. The maximum atomic E-state index is 12.4. The fourth-order valence-corrected chi connectivity index (χ4v) is 4.73. The fourth-order valence-electron chi connectivity index (χ4n) is 4.02. The van der Waals surface area contributed by atoms with Crippen molar-refractivity contribution in [3.63, 3.8) is 0 Å². The van der Waals surface area contributed by atoms with Gasteiger partial charge in [-0.1, -0.05) is 50.0 Å². The van der Waals surface area contributed by atoms with Gasteiger partial charge in [0.1, 0.15) is 24.3 Å². The van der Waals surface area contributed by atoms with Crippen LogP contribution >= 0.6 is 0 Å². The summed E-state index contributed by atoms with van der Waals surface area (Å²) in [5.74, 6) is 0.995. The van der Waals surface area contributed by atoms with Crippen molar-refractivity contribution in [2.75, 3.05) is 13.7 Å². The third-order valence-electron chi connectivity index (χ3n) is 6.41. The molecule has 1 aromatic carbocycles. The molecular formula is C35H48FeN2O8Si+2. The number of methoxy groups -OCH3 is 1. The topological polar surface area (TPSA) is 129 Å². The molecule has 12 heteroatoms. The van der Waals surface area contributed by atoms with Crippen LogP contribution in [0.25, 0.3) is 0 Å². The molecule has 2 saturated carbocycles. The number of alkyl carbamates (subject to hydrolysis) is 2. The number of rotatable bonds is 13. The first-order chi connectivity index (χ1) is 21.6. The van der Waals surface area contributed by atoms with Crippen LogP contribution in [0, 0.1) is 63.2 Å². The summed E-state index contributed by atoms with van der Waals surface area (Å²) in [5, 5.41) is 5.18. The molecule has 2 fully saturated rings. The number of hydrogen-bond acceptors (Lipinski definition) is 8. The SMILES string of the molecule is CC(C)(C)OC(=O)N[C@@H](C[C]1[CH][CH][CH][CH]1)C(=O)OCC[Si](C)(C)C.COC(=O)[C@H](C[C]1[CH][CH][CH][CH]1)NC(=O)OCc1ccccc1.[Fe+2]. The summed E-state index contributed by atoms with van der Waals surface area (Å²) in [5.41, 5.74) is 0.264. The molecule has 2 N–H and O–H groups in total. The van der Waals surface area contributed by atoms with Gasteiger partial charge < -0.3 is 29.6 Å². The van der Waals surface area contributed by atoms with Crippen LogP contribution in [0.2, 0.25) is 25.7 Å². The van der Waals surface area contributed by atoms with Gasteiger partial charge in [0.2, 0.25) is 0 Å². The predicted molar refractivity (Wildman–Crippen MR) is 178 cm³/mol. The van der Waals surface area contributed by atoms with Crippen molar-refractivity contribution in [2.45, 2.75) is 83.6 Å². The van der Waals surface area contributed by atoms with E-state index in [-0.39, 0.29) is 23.7 Å². The maximum Gasteiger partial charge on any atom is 2.00 e. The summed E-state index contributed by atoms with van der Waals surface area (Å²) in [6, 6.07) is 8.71. The molecule has 0 bridgehead atoms. The zero-order valence-electron chi connectivity index (χ0n) is 28.3. The quantitative estimate of drug-likeness (QED) is 0.150. The monoisotopic (exact) mass is 708 g/mol. The molecule has 10 radical (unpaired) electrons. The Morgan fingerprint density at radius 2 is 1.23 bits per heavy atom. The largest absolute Gasteiger partial charge is 2.00 e. The minimum Gasteiger partial charge on any atom is -0.467 e. The van der Waals surface area contributed by atoms with Crippen molar-refractivity contribution < 1.29 is 55.2 Å². The second kappa shape index (κ2) is 21.4. The van der Waals surface area contributed by atoms with E-state index in [1.807, 2.05) is 81.7 Å². The van der Waals surface area contributed by atoms with Gasteiger partial charge in [-0.2, -0.15) is 0 Å². The molecule has 256 valence electrons. The third-order valence-corrected chi connectivity index (χ3v) is 8.11. The molecule has 2 aliphatic carbocycles. The van der Waals surface area contributed by atoms with E-state index >= 15 is 0 Å². The Labute approximate surface area is 293 Å². The molecular weight excluding hydrogens is 660 g/mol. The number of hydrogen-bond donors (Lipinski definition) is 2. The minimum atomic E-state index is -1.28. The Hall–Kier alpha value is -2.56. The van der Waals surface area contributed by atoms with Gasteiger partial charge in [0.25, 0.3) is 0 Å². The van der Waals surface area contributed by atoms with Gasteiger partial charge in [0.15, 0.2) is 0 Å². The molecule has 3 rings (SSSR count). The molecule has 0 heterocycles. The number of nitrogens with one attached hydrogen (secondary N) is 2. The maximum absolute atomic E-state index is 12.4. The summed E-state index contributed by atoms with van der Waals surface area (Å²) >= 11 is 0. The Balaban J connectivity index is 0.000000461. The minimum absolute atomic E-state index is 0. The van der Waals surface area contributed by atoms with E-state index in [9.17, 15) is 19.2 Å². The summed E-state index contributed by atoms with van der Waals surface area (Å²) < 4.78 is 20.5. The predicted octanol–water partition coefficient (Wildman–Crippen LogP) is 5.80. The average Bonchev–Trinajstić information content (AvgIpc) is 3.69. The number of carbonyl (C=O) groups is 4. The summed E-state index contributed by atoms with van der Waals surface area (Å²) in [6.45, 7) is 12.6. The Kier molecular flexibility index (Phi) is 19.3. The van der Waals surface area contributed by atoms with Crippen LogP contribution in [0.3, 0.4) is 0 Å². The van der Waals surface area contributed by atoms with Gasteiger partial charge in [0, 0.05) is 8.07 Å². The second-order valence-corrected chi connectivity index (χ2v) is 18.6. The molecule has 0 aromatic heterocycles. The molecule has 47 heavy (non-hydrogen) atoms. The average molecular weight is 709 g/mol. The Bertz CT molecular complexity index is 1080. The van der Waals surface area contributed by atoms with Gasteiger partial charge in [-0.15, -0.1) is 0 Å². The van der Waals surface area contributed by atoms with E-state index < -0.39 is 49.9 Å². The van der Waals surface area contributed by atoms with Gasteiger partial charge in [-0.3, -0.25) is 0 Å². The van der Waals surface area contributed by atoms with Gasteiger partial charge in [-0.05, 0) is 108 Å². The molecule has 2 aliphatic rings. The first kappa shape index (κ1) is 42.5. The first-order valence-electron chi connectivity index (χ1n) is 15.3. The fraction of sp³-hybridized carbons (Fsp3) is 0.429. The van der Waals surface area contributed by atoms with Crippen LogP contribution in [0.15, 0.2) is 30.3 Å². The summed E-state index contributed by atoms with van der Waals surface area (Å²) in [6.07, 6.45) is 14.6. The van der Waals surface area contributed by atoms with E-state index in [0.29, 0.717) is 19.4 Å². The molecule has 2 atom stereocenters. The summed E-state index contributed by atoms with van der Waals surface area (Å²) in [7, 11) is 0.0138. The molecule has 1 aromatic rings.